The van der Waals surface area contributed by atoms with Crippen LogP contribution in [0.2, 0.25) is 0 Å². The molecule has 0 amide bonds. The maximum atomic E-state index is 10.6. The van der Waals surface area contributed by atoms with Crippen molar-refractivity contribution in [2.75, 3.05) is 5.73 Å². The number of rotatable bonds is 2. The number of nitrogens with two attached hydrogens (primary N) is 1. The predicted molar refractivity (Wildman–Crippen MR) is 72.4 cm³/mol. The van der Waals surface area contributed by atoms with Crippen LogP contribution >= 0.6 is 0 Å². The second kappa shape index (κ2) is 4.49. The topological polar surface area (TPSA) is 69.2 Å². The number of nitro groups is 1. The number of benzene rings is 2. The van der Waals surface area contributed by atoms with Gasteiger partial charge in [-0.2, -0.15) is 0 Å². The van der Waals surface area contributed by atoms with E-state index in [9.17, 15) is 10.1 Å². The van der Waals surface area contributed by atoms with E-state index in [0.29, 0.717) is 0 Å². The van der Waals surface area contributed by atoms with Crippen LogP contribution in [-0.2, 0) is 0 Å². The third kappa shape index (κ3) is 2.18. The standard InChI is InChI=1S/C14H14N2O2/c1-9-8-14(15)10(2)7-13(9)11-3-5-12(6-4-11)16(17)18/h3-8H,15H2,1-2H3. The molecule has 0 aliphatic heterocycles. The first-order chi connectivity index (χ1) is 8.49. The summed E-state index contributed by atoms with van der Waals surface area (Å²) < 4.78 is 0. The first-order valence-corrected chi connectivity index (χ1v) is 5.60. The Kier molecular flexibility index (Phi) is 3.02. The van der Waals surface area contributed by atoms with E-state index in [1.165, 1.54) is 12.1 Å². The van der Waals surface area contributed by atoms with Crippen LogP contribution in [-0.4, -0.2) is 4.92 Å². The monoisotopic (exact) mass is 242 g/mol. The van der Waals surface area contributed by atoms with Gasteiger partial charge < -0.3 is 5.73 Å². The second-order valence-corrected chi connectivity index (χ2v) is 4.33. The molecular weight excluding hydrogens is 228 g/mol. The summed E-state index contributed by atoms with van der Waals surface area (Å²) in [5, 5.41) is 10.6. The zero-order chi connectivity index (χ0) is 13.3. The molecule has 92 valence electrons. The third-order valence-corrected chi connectivity index (χ3v) is 3.00. The summed E-state index contributed by atoms with van der Waals surface area (Å²) in [4.78, 5) is 10.2. The summed E-state index contributed by atoms with van der Waals surface area (Å²) in [7, 11) is 0. The van der Waals surface area contributed by atoms with E-state index in [-0.39, 0.29) is 5.69 Å². The minimum Gasteiger partial charge on any atom is -0.399 e. The summed E-state index contributed by atoms with van der Waals surface area (Å²) in [6, 6.07) is 10.5. The molecule has 2 rings (SSSR count). The quantitative estimate of drug-likeness (QED) is 0.498. The lowest BCUT2D eigenvalue weighted by atomic mass is 9.97. The smallest absolute Gasteiger partial charge is 0.269 e. The Morgan fingerprint density at radius 2 is 1.67 bits per heavy atom. The molecule has 2 aromatic carbocycles. The van der Waals surface area contributed by atoms with Crippen LogP contribution in [0.1, 0.15) is 11.1 Å². The van der Waals surface area contributed by atoms with Gasteiger partial charge in [0.05, 0.1) is 4.92 Å². The minimum absolute atomic E-state index is 0.101. The Labute approximate surface area is 105 Å². The van der Waals surface area contributed by atoms with E-state index >= 15 is 0 Å². The van der Waals surface area contributed by atoms with E-state index in [4.69, 9.17) is 5.73 Å². The fourth-order valence-corrected chi connectivity index (χ4v) is 1.91. The Bertz CT molecular complexity index is 604. The highest BCUT2D eigenvalue weighted by atomic mass is 16.6. The van der Waals surface area contributed by atoms with Crippen molar-refractivity contribution < 1.29 is 4.92 Å². The number of nitro benzene ring substituents is 1. The molecule has 2 N–H and O–H groups in total. The van der Waals surface area contributed by atoms with Gasteiger partial charge in [-0.05, 0) is 60.4 Å². The molecule has 18 heavy (non-hydrogen) atoms. The highest BCUT2D eigenvalue weighted by Gasteiger charge is 2.08. The van der Waals surface area contributed by atoms with Crippen molar-refractivity contribution in [2.45, 2.75) is 13.8 Å². The molecule has 0 bridgehead atoms. The maximum Gasteiger partial charge on any atom is 0.269 e. The van der Waals surface area contributed by atoms with E-state index in [1.807, 2.05) is 26.0 Å². The molecule has 0 saturated carbocycles. The SMILES string of the molecule is Cc1cc(-c2ccc([N+](=O)[O-])cc2)c(C)cc1N. The van der Waals surface area contributed by atoms with Crippen LogP contribution in [0, 0.1) is 24.0 Å². The van der Waals surface area contributed by atoms with Gasteiger partial charge in [0.15, 0.2) is 0 Å². The van der Waals surface area contributed by atoms with Gasteiger partial charge in [0.1, 0.15) is 0 Å². The van der Waals surface area contributed by atoms with Crippen LogP contribution in [0.5, 0.6) is 0 Å². The second-order valence-electron chi connectivity index (χ2n) is 4.33. The van der Waals surface area contributed by atoms with Crippen LogP contribution in [0.25, 0.3) is 11.1 Å². The fourth-order valence-electron chi connectivity index (χ4n) is 1.91. The van der Waals surface area contributed by atoms with E-state index in [0.717, 1.165) is 27.9 Å². The lowest BCUT2D eigenvalue weighted by Crippen LogP contribution is -1.93. The number of nitrogens with zero attached hydrogens (tertiary/aromatic N) is 1. The molecule has 2 aromatic rings. The van der Waals surface area contributed by atoms with Crippen LogP contribution in [0.15, 0.2) is 36.4 Å². The molecule has 0 heterocycles. The van der Waals surface area contributed by atoms with Gasteiger partial charge in [-0.15, -0.1) is 0 Å². The van der Waals surface area contributed by atoms with Crippen molar-refractivity contribution in [3.05, 3.63) is 57.6 Å². The average molecular weight is 242 g/mol. The molecule has 0 saturated heterocycles. The van der Waals surface area contributed by atoms with E-state index in [2.05, 4.69) is 0 Å². The number of non-ortho nitro benzene ring substituents is 1. The zero-order valence-electron chi connectivity index (χ0n) is 10.3. The summed E-state index contributed by atoms with van der Waals surface area (Å²) in [6.45, 7) is 3.93. The molecule has 0 spiro atoms. The first kappa shape index (κ1) is 12.1. The van der Waals surface area contributed by atoms with Crippen molar-refractivity contribution in [2.24, 2.45) is 0 Å². The minimum atomic E-state index is -0.398. The van der Waals surface area contributed by atoms with Gasteiger partial charge in [-0.25, -0.2) is 0 Å². The lowest BCUT2D eigenvalue weighted by Gasteiger charge is -2.09. The van der Waals surface area contributed by atoms with Gasteiger partial charge in [0.2, 0.25) is 0 Å². The molecule has 0 atom stereocenters. The van der Waals surface area contributed by atoms with Crippen molar-refractivity contribution in [1.29, 1.82) is 0 Å². The van der Waals surface area contributed by atoms with Gasteiger partial charge in [0.25, 0.3) is 5.69 Å². The molecule has 0 aliphatic rings. The van der Waals surface area contributed by atoms with E-state index < -0.39 is 4.92 Å². The zero-order valence-corrected chi connectivity index (χ0v) is 10.3. The molecule has 4 heteroatoms. The van der Waals surface area contributed by atoms with Gasteiger partial charge >= 0.3 is 0 Å². The Morgan fingerprint density at radius 1 is 1.06 bits per heavy atom. The fraction of sp³-hybridized carbons (Fsp3) is 0.143. The number of hydrogen-bond acceptors (Lipinski definition) is 3. The summed E-state index contributed by atoms with van der Waals surface area (Å²) in [5.41, 5.74) is 10.8. The highest BCUT2D eigenvalue weighted by Crippen LogP contribution is 2.28. The number of aryl methyl sites for hydroxylation is 2. The van der Waals surface area contributed by atoms with Gasteiger partial charge in [-0.1, -0.05) is 0 Å². The molecular formula is C14H14N2O2. The van der Waals surface area contributed by atoms with Crippen LogP contribution < -0.4 is 5.73 Å². The molecule has 0 unspecified atom stereocenters. The van der Waals surface area contributed by atoms with Crippen LogP contribution in [0.4, 0.5) is 11.4 Å². The number of anilines is 1. The Hall–Kier alpha value is -2.36. The van der Waals surface area contributed by atoms with Crippen molar-refractivity contribution in [3.8, 4) is 11.1 Å². The lowest BCUT2D eigenvalue weighted by molar-refractivity contribution is -0.384. The molecule has 0 fully saturated rings. The summed E-state index contributed by atoms with van der Waals surface area (Å²) >= 11 is 0. The number of nitrogen functional groups attached to an aromatic ring is 1. The largest absolute Gasteiger partial charge is 0.399 e. The van der Waals surface area contributed by atoms with Gasteiger partial charge in [0, 0.05) is 17.8 Å². The third-order valence-electron chi connectivity index (χ3n) is 3.00. The van der Waals surface area contributed by atoms with E-state index in [1.54, 1.807) is 12.1 Å². The van der Waals surface area contributed by atoms with Crippen molar-refractivity contribution >= 4 is 11.4 Å². The maximum absolute atomic E-state index is 10.6. The molecule has 0 aromatic heterocycles. The van der Waals surface area contributed by atoms with Crippen molar-refractivity contribution in [3.63, 3.8) is 0 Å². The van der Waals surface area contributed by atoms with Gasteiger partial charge in [-0.3, -0.25) is 10.1 Å². The summed E-state index contributed by atoms with van der Waals surface area (Å²) in [6.07, 6.45) is 0. The highest BCUT2D eigenvalue weighted by molar-refractivity contribution is 5.72. The molecule has 0 aliphatic carbocycles. The van der Waals surface area contributed by atoms with Crippen LogP contribution in [0.3, 0.4) is 0 Å². The normalized spacial score (nSPS) is 10.3. The average Bonchev–Trinajstić information content (AvgIpc) is 2.34. The summed E-state index contributed by atoms with van der Waals surface area (Å²) in [5.74, 6) is 0. The Balaban J connectivity index is 2.49. The molecule has 4 nitrogen and oxygen atoms in total. The predicted octanol–water partition coefficient (Wildman–Crippen LogP) is 3.46. The van der Waals surface area contributed by atoms with Crippen molar-refractivity contribution in [1.82, 2.24) is 0 Å². The Morgan fingerprint density at radius 3 is 2.22 bits per heavy atom. The number of hydrogen-bond donors (Lipinski definition) is 1. The first-order valence-electron chi connectivity index (χ1n) is 5.60. The molecule has 0 radical (unpaired) electrons.